The molecule has 0 unspecified atom stereocenters. The summed E-state index contributed by atoms with van der Waals surface area (Å²) in [5.41, 5.74) is 4.76. The molecule has 0 aliphatic carbocycles. The summed E-state index contributed by atoms with van der Waals surface area (Å²) in [4.78, 5) is 44.2. The fourth-order valence-electron chi connectivity index (χ4n) is 2.33. The van der Waals surface area contributed by atoms with Gasteiger partial charge in [0.2, 0.25) is 0 Å². The number of hydrogen-bond acceptors (Lipinski definition) is 8. The first-order valence-corrected chi connectivity index (χ1v) is 9.02. The predicted octanol–water partition coefficient (Wildman–Crippen LogP) is 1.83. The highest BCUT2D eigenvalue weighted by Gasteiger charge is 2.20. The second-order valence-corrected chi connectivity index (χ2v) is 6.60. The third-order valence-electron chi connectivity index (χ3n) is 4.04. The fourth-order valence-corrected chi connectivity index (χ4v) is 2.47. The quantitative estimate of drug-likeness (QED) is 0.340. The summed E-state index contributed by atoms with van der Waals surface area (Å²) in [7, 11) is 0. The number of ether oxygens (including phenoxy) is 1. The van der Waals surface area contributed by atoms with Gasteiger partial charge in [-0.1, -0.05) is 12.1 Å². The topological polar surface area (TPSA) is 166 Å². The maximum Gasteiger partial charge on any atom is 0.277 e. The van der Waals surface area contributed by atoms with Crippen LogP contribution in [-0.2, 0) is 4.79 Å². The van der Waals surface area contributed by atoms with E-state index in [1.165, 1.54) is 0 Å². The molecule has 0 aliphatic heterocycles. The zero-order valence-electron chi connectivity index (χ0n) is 16.3. The maximum absolute atomic E-state index is 12.2. The lowest BCUT2D eigenvalue weighted by molar-refractivity contribution is -0.394. The average Bonchev–Trinajstić information content (AvgIpc) is 2.72. The van der Waals surface area contributed by atoms with Crippen molar-refractivity contribution in [2.45, 2.75) is 13.8 Å². The van der Waals surface area contributed by atoms with E-state index in [-0.39, 0.29) is 17.3 Å². The molecule has 31 heavy (non-hydrogen) atoms. The Morgan fingerprint density at radius 3 is 2.23 bits per heavy atom. The molecule has 13 heteroatoms. The van der Waals surface area contributed by atoms with Crippen molar-refractivity contribution < 1.29 is 24.2 Å². The first-order valence-electron chi connectivity index (χ1n) is 8.61. The number of nitro groups is 2. The SMILES string of the molecule is Cc1cccc(OCC(=O)NNC(=S)NC(=O)c2cc([N+](=O)[O-])cc([N+](=O)[O-])c2)c1C. The first kappa shape index (κ1) is 23.2. The van der Waals surface area contributed by atoms with Gasteiger partial charge in [0, 0.05) is 12.1 Å². The van der Waals surface area contributed by atoms with Crippen molar-refractivity contribution in [1.82, 2.24) is 16.2 Å². The number of carbonyl (C=O) groups is 2. The van der Waals surface area contributed by atoms with E-state index < -0.39 is 33.0 Å². The van der Waals surface area contributed by atoms with Crippen molar-refractivity contribution >= 4 is 40.5 Å². The molecule has 2 aromatic rings. The lowest BCUT2D eigenvalue weighted by Crippen LogP contribution is -2.49. The number of nitrogens with zero attached hydrogens (tertiary/aromatic N) is 2. The van der Waals surface area contributed by atoms with E-state index in [9.17, 15) is 29.8 Å². The lowest BCUT2D eigenvalue weighted by Gasteiger charge is -2.13. The second-order valence-electron chi connectivity index (χ2n) is 6.20. The van der Waals surface area contributed by atoms with Crippen LogP contribution in [0.2, 0.25) is 0 Å². The number of hydrazine groups is 1. The molecule has 0 bridgehead atoms. The van der Waals surface area contributed by atoms with Gasteiger partial charge in [0.05, 0.1) is 21.5 Å². The van der Waals surface area contributed by atoms with Crippen LogP contribution in [0.15, 0.2) is 36.4 Å². The predicted molar refractivity (Wildman–Crippen MR) is 113 cm³/mol. The number of nitro benzene ring substituents is 2. The highest BCUT2D eigenvalue weighted by Crippen LogP contribution is 2.22. The molecule has 2 rings (SSSR count). The Morgan fingerprint density at radius 2 is 1.65 bits per heavy atom. The van der Waals surface area contributed by atoms with Crippen molar-refractivity contribution in [3.05, 3.63) is 73.3 Å². The summed E-state index contributed by atoms with van der Waals surface area (Å²) in [5, 5.41) is 23.6. The minimum atomic E-state index is -0.940. The molecule has 0 spiro atoms. The molecule has 0 aliphatic rings. The monoisotopic (exact) mass is 447 g/mol. The standard InChI is InChI=1S/C18H17N5O7S/c1-10-4-3-5-15(11(10)2)30-9-16(24)20-21-18(31)19-17(25)12-6-13(22(26)27)8-14(7-12)23(28)29/h3-8H,9H2,1-2H3,(H,20,24)(H2,19,21,25,31). The van der Waals surface area contributed by atoms with E-state index in [1.807, 2.05) is 19.9 Å². The van der Waals surface area contributed by atoms with Gasteiger partial charge in [-0.25, -0.2) is 0 Å². The highest BCUT2D eigenvalue weighted by atomic mass is 32.1. The zero-order chi connectivity index (χ0) is 23.1. The van der Waals surface area contributed by atoms with E-state index in [0.717, 1.165) is 29.3 Å². The van der Waals surface area contributed by atoms with Gasteiger partial charge >= 0.3 is 0 Å². The van der Waals surface area contributed by atoms with E-state index in [4.69, 9.17) is 17.0 Å². The number of aryl methyl sites for hydroxylation is 1. The molecule has 2 aromatic carbocycles. The number of hydrogen-bond donors (Lipinski definition) is 3. The Morgan fingerprint density at radius 1 is 1.03 bits per heavy atom. The van der Waals surface area contributed by atoms with Gasteiger partial charge in [0.1, 0.15) is 5.75 Å². The smallest absolute Gasteiger partial charge is 0.277 e. The molecule has 3 N–H and O–H groups in total. The summed E-state index contributed by atoms with van der Waals surface area (Å²) < 4.78 is 5.42. The van der Waals surface area contributed by atoms with E-state index in [0.29, 0.717) is 5.75 Å². The molecule has 0 saturated heterocycles. The van der Waals surface area contributed by atoms with Crippen molar-refractivity contribution in [3.63, 3.8) is 0 Å². The van der Waals surface area contributed by atoms with Crippen LogP contribution in [0.25, 0.3) is 0 Å². The molecule has 0 atom stereocenters. The molecule has 2 amide bonds. The van der Waals surface area contributed by atoms with Gasteiger partial charge in [-0.15, -0.1) is 0 Å². The summed E-state index contributed by atoms with van der Waals surface area (Å²) in [6.07, 6.45) is 0. The molecule has 0 saturated carbocycles. The molecule has 0 radical (unpaired) electrons. The van der Waals surface area contributed by atoms with Gasteiger partial charge in [-0.05, 0) is 43.3 Å². The third-order valence-corrected chi connectivity index (χ3v) is 4.25. The maximum atomic E-state index is 12.2. The molecule has 0 aromatic heterocycles. The van der Waals surface area contributed by atoms with Crippen LogP contribution in [-0.4, -0.2) is 33.4 Å². The number of benzene rings is 2. The lowest BCUT2D eigenvalue weighted by atomic mass is 10.1. The number of thiocarbonyl (C=S) groups is 1. The molecule has 0 fully saturated rings. The van der Waals surface area contributed by atoms with Crippen LogP contribution >= 0.6 is 12.2 Å². The van der Waals surface area contributed by atoms with Crippen LogP contribution < -0.4 is 20.9 Å². The summed E-state index contributed by atoms with van der Waals surface area (Å²) in [6.45, 7) is 3.43. The Hall–Kier alpha value is -4.13. The Labute approximate surface area is 180 Å². The Kier molecular flexibility index (Phi) is 7.52. The Bertz CT molecular complexity index is 1040. The zero-order valence-corrected chi connectivity index (χ0v) is 17.1. The largest absolute Gasteiger partial charge is 0.483 e. The van der Waals surface area contributed by atoms with Crippen LogP contribution in [0.3, 0.4) is 0 Å². The number of carbonyl (C=O) groups excluding carboxylic acids is 2. The number of rotatable bonds is 6. The molecule has 12 nitrogen and oxygen atoms in total. The normalized spacial score (nSPS) is 10.0. The van der Waals surface area contributed by atoms with Crippen LogP contribution in [0.1, 0.15) is 21.5 Å². The third kappa shape index (κ3) is 6.43. The van der Waals surface area contributed by atoms with Crippen LogP contribution in [0, 0.1) is 34.1 Å². The van der Waals surface area contributed by atoms with Gasteiger partial charge in [-0.3, -0.25) is 46.0 Å². The summed E-state index contributed by atoms with van der Waals surface area (Å²) in [5.74, 6) is -0.994. The first-order chi connectivity index (χ1) is 14.6. The van der Waals surface area contributed by atoms with Crippen molar-refractivity contribution in [2.75, 3.05) is 6.61 Å². The number of amides is 2. The Balaban J connectivity index is 1.91. The fraction of sp³-hybridized carbons (Fsp3) is 0.167. The van der Waals surface area contributed by atoms with E-state index in [1.54, 1.807) is 12.1 Å². The van der Waals surface area contributed by atoms with Gasteiger partial charge in [0.25, 0.3) is 23.2 Å². The molecular weight excluding hydrogens is 430 g/mol. The minimum Gasteiger partial charge on any atom is -0.483 e. The number of nitrogens with one attached hydrogen (secondary N) is 3. The highest BCUT2D eigenvalue weighted by molar-refractivity contribution is 7.80. The minimum absolute atomic E-state index is 0.328. The summed E-state index contributed by atoms with van der Waals surface area (Å²) in [6, 6.07) is 7.86. The van der Waals surface area contributed by atoms with Crippen LogP contribution in [0.4, 0.5) is 11.4 Å². The van der Waals surface area contributed by atoms with Gasteiger partial charge in [-0.2, -0.15) is 0 Å². The molecular formula is C18H17N5O7S. The molecule has 162 valence electrons. The van der Waals surface area contributed by atoms with Gasteiger partial charge < -0.3 is 4.74 Å². The van der Waals surface area contributed by atoms with Crippen LogP contribution in [0.5, 0.6) is 5.75 Å². The summed E-state index contributed by atoms with van der Waals surface area (Å²) >= 11 is 4.87. The van der Waals surface area contributed by atoms with Crippen molar-refractivity contribution in [3.8, 4) is 5.75 Å². The van der Waals surface area contributed by atoms with Gasteiger partial charge in [0.15, 0.2) is 11.7 Å². The van der Waals surface area contributed by atoms with Crippen molar-refractivity contribution in [2.24, 2.45) is 0 Å². The van der Waals surface area contributed by atoms with E-state index in [2.05, 4.69) is 16.2 Å². The number of non-ortho nitro benzene ring substituents is 2. The average molecular weight is 447 g/mol. The van der Waals surface area contributed by atoms with Crippen molar-refractivity contribution in [1.29, 1.82) is 0 Å². The molecule has 0 heterocycles. The van der Waals surface area contributed by atoms with E-state index >= 15 is 0 Å². The second kappa shape index (κ2) is 10.1.